The number of hydrogen-bond donors (Lipinski definition) is 0. The Labute approximate surface area is 184 Å². The van der Waals surface area contributed by atoms with Gasteiger partial charge in [0.2, 0.25) is 5.91 Å². The van der Waals surface area contributed by atoms with E-state index in [-0.39, 0.29) is 24.5 Å². The van der Waals surface area contributed by atoms with Crippen LogP contribution in [-0.2, 0) is 9.59 Å². The van der Waals surface area contributed by atoms with Crippen LogP contribution in [0.5, 0.6) is 5.75 Å². The van der Waals surface area contributed by atoms with Crippen molar-refractivity contribution in [2.45, 2.75) is 39.7 Å². The van der Waals surface area contributed by atoms with Crippen LogP contribution < -0.4 is 14.5 Å². The summed E-state index contributed by atoms with van der Waals surface area (Å²) >= 11 is 0. The van der Waals surface area contributed by atoms with Crippen molar-refractivity contribution in [3.05, 3.63) is 53.6 Å². The summed E-state index contributed by atoms with van der Waals surface area (Å²) in [7, 11) is 0. The second kappa shape index (κ2) is 9.00. The van der Waals surface area contributed by atoms with E-state index in [1.807, 2.05) is 30.0 Å². The van der Waals surface area contributed by atoms with Crippen molar-refractivity contribution >= 4 is 23.2 Å². The number of nitrogens with zero attached hydrogens (tertiary/aromatic N) is 3. The summed E-state index contributed by atoms with van der Waals surface area (Å²) in [5.74, 6) is 0.851. The van der Waals surface area contributed by atoms with Gasteiger partial charge in [-0.25, -0.2) is 0 Å². The highest BCUT2D eigenvalue weighted by molar-refractivity contribution is 5.98. The zero-order valence-corrected chi connectivity index (χ0v) is 18.6. The Kier molecular flexibility index (Phi) is 6.16. The van der Waals surface area contributed by atoms with Crippen LogP contribution in [0.3, 0.4) is 0 Å². The molecule has 0 spiro atoms. The Morgan fingerprint density at radius 1 is 1.10 bits per heavy atom. The largest absolute Gasteiger partial charge is 0.482 e. The molecule has 2 heterocycles. The van der Waals surface area contributed by atoms with Gasteiger partial charge in [-0.3, -0.25) is 9.59 Å². The minimum atomic E-state index is -0.0501. The van der Waals surface area contributed by atoms with Gasteiger partial charge in [-0.05, 0) is 62.6 Å². The van der Waals surface area contributed by atoms with Gasteiger partial charge in [0, 0.05) is 44.3 Å². The number of carbonyl (C=O) groups is 2. The molecule has 4 rings (SSSR count). The third-order valence-electron chi connectivity index (χ3n) is 6.14. The standard InChI is InChI=1S/C25H31N3O3/c1-18-6-4-7-21(14-18)27-13-12-26(16-20(27)3)24(29)8-5-11-28-22-15-19(2)9-10-23(22)31-17-25(28)30/h4,6-7,9-10,14-15,20H,5,8,11-13,16-17H2,1-3H3/t20-/m0/s1. The second-order valence-corrected chi connectivity index (χ2v) is 8.63. The highest BCUT2D eigenvalue weighted by Crippen LogP contribution is 2.33. The number of anilines is 2. The Balaban J connectivity index is 1.31. The molecule has 0 unspecified atom stereocenters. The predicted molar refractivity (Wildman–Crippen MR) is 123 cm³/mol. The lowest BCUT2D eigenvalue weighted by molar-refractivity contribution is -0.132. The van der Waals surface area contributed by atoms with E-state index < -0.39 is 0 Å². The molecule has 0 N–H and O–H groups in total. The molecule has 1 saturated heterocycles. The average Bonchev–Trinajstić information content (AvgIpc) is 2.75. The van der Waals surface area contributed by atoms with Crippen LogP contribution in [0.1, 0.15) is 30.9 Å². The van der Waals surface area contributed by atoms with Crippen LogP contribution in [-0.4, -0.2) is 55.5 Å². The lowest BCUT2D eigenvalue weighted by Crippen LogP contribution is -2.53. The van der Waals surface area contributed by atoms with Crippen LogP contribution in [0.15, 0.2) is 42.5 Å². The Hall–Kier alpha value is -3.02. The summed E-state index contributed by atoms with van der Waals surface area (Å²) in [6.45, 7) is 9.16. The van der Waals surface area contributed by atoms with E-state index in [4.69, 9.17) is 4.74 Å². The van der Waals surface area contributed by atoms with E-state index in [1.54, 1.807) is 4.90 Å². The maximum absolute atomic E-state index is 12.8. The predicted octanol–water partition coefficient (Wildman–Crippen LogP) is 3.55. The van der Waals surface area contributed by atoms with Gasteiger partial charge in [-0.2, -0.15) is 0 Å². The van der Waals surface area contributed by atoms with Crippen LogP contribution in [0.4, 0.5) is 11.4 Å². The number of aryl methyl sites for hydroxylation is 2. The number of hydrogen-bond acceptors (Lipinski definition) is 4. The zero-order chi connectivity index (χ0) is 22.0. The minimum Gasteiger partial charge on any atom is -0.482 e. The maximum atomic E-state index is 12.8. The van der Waals surface area contributed by atoms with Crippen LogP contribution >= 0.6 is 0 Å². The first-order chi connectivity index (χ1) is 14.9. The summed E-state index contributed by atoms with van der Waals surface area (Å²) in [5.41, 5.74) is 4.36. The molecule has 31 heavy (non-hydrogen) atoms. The molecule has 2 aromatic rings. The van der Waals surface area contributed by atoms with E-state index in [1.165, 1.54) is 11.3 Å². The summed E-state index contributed by atoms with van der Waals surface area (Å²) in [5, 5.41) is 0. The van der Waals surface area contributed by atoms with E-state index >= 15 is 0 Å². The van der Waals surface area contributed by atoms with Crippen LogP contribution in [0.2, 0.25) is 0 Å². The lowest BCUT2D eigenvalue weighted by atomic mass is 10.1. The van der Waals surface area contributed by atoms with E-state index in [9.17, 15) is 9.59 Å². The first-order valence-corrected chi connectivity index (χ1v) is 11.1. The van der Waals surface area contributed by atoms with E-state index in [0.29, 0.717) is 19.4 Å². The quantitative estimate of drug-likeness (QED) is 0.741. The minimum absolute atomic E-state index is 0.0501. The molecule has 6 nitrogen and oxygen atoms in total. The van der Waals surface area contributed by atoms with Crippen molar-refractivity contribution in [1.82, 2.24) is 4.90 Å². The monoisotopic (exact) mass is 421 g/mol. The molecule has 2 amide bonds. The summed E-state index contributed by atoms with van der Waals surface area (Å²) in [6.07, 6.45) is 1.09. The lowest BCUT2D eigenvalue weighted by Gasteiger charge is -2.41. The number of rotatable bonds is 5. The van der Waals surface area contributed by atoms with Gasteiger partial charge >= 0.3 is 0 Å². The molecular weight excluding hydrogens is 390 g/mol. The van der Waals surface area contributed by atoms with E-state index in [2.05, 4.69) is 43.0 Å². The van der Waals surface area contributed by atoms with Gasteiger partial charge in [0.1, 0.15) is 5.75 Å². The molecule has 0 bridgehead atoms. The molecule has 0 radical (unpaired) electrons. The molecule has 2 aliphatic heterocycles. The summed E-state index contributed by atoms with van der Waals surface area (Å²) in [6, 6.07) is 14.7. The van der Waals surface area contributed by atoms with Crippen molar-refractivity contribution in [1.29, 1.82) is 0 Å². The van der Waals surface area contributed by atoms with Crippen molar-refractivity contribution in [2.24, 2.45) is 0 Å². The molecule has 164 valence electrons. The fourth-order valence-corrected chi connectivity index (χ4v) is 4.48. The number of fused-ring (bicyclic) bond motifs is 1. The second-order valence-electron chi connectivity index (χ2n) is 8.63. The summed E-state index contributed by atoms with van der Waals surface area (Å²) < 4.78 is 5.54. The Morgan fingerprint density at radius 2 is 1.90 bits per heavy atom. The van der Waals surface area contributed by atoms with E-state index in [0.717, 1.165) is 36.6 Å². The molecule has 0 saturated carbocycles. The number of amides is 2. The normalized spacial score (nSPS) is 18.6. The Bertz CT molecular complexity index is 974. The van der Waals surface area contributed by atoms with Gasteiger partial charge < -0.3 is 19.4 Å². The molecular formula is C25H31N3O3. The van der Waals surface area contributed by atoms with Gasteiger partial charge in [0.15, 0.2) is 6.61 Å². The van der Waals surface area contributed by atoms with Crippen molar-refractivity contribution in [3.8, 4) is 5.75 Å². The third-order valence-corrected chi connectivity index (χ3v) is 6.14. The third kappa shape index (κ3) is 4.68. The van der Waals surface area contributed by atoms with Gasteiger partial charge in [0.05, 0.1) is 5.69 Å². The number of ether oxygens (including phenoxy) is 1. The van der Waals surface area contributed by atoms with Crippen molar-refractivity contribution in [2.75, 3.05) is 42.6 Å². The Morgan fingerprint density at radius 3 is 2.68 bits per heavy atom. The van der Waals surface area contributed by atoms with Gasteiger partial charge in [-0.1, -0.05) is 18.2 Å². The molecule has 6 heteroatoms. The SMILES string of the molecule is Cc1cccc(N2CCN(C(=O)CCCN3C(=O)COc4ccc(C)cc43)C[C@@H]2C)c1. The maximum Gasteiger partial charge on any atom is 0.265 e. The van der Waals surface area contributed by atoms with Gasteiger partial charge in [0.25, 0.3) is 5.91 Å². The fraction of sp³-hybridized carbons (Fsp3) is 0.440. The molecule has 1 fully saturated rings. The fourth-order valence-electron chi connectivity index (χ4n) is 4.48. The molecule has 1 atom stereocenters. The zero-order valence-electron chi connectivity index (χ0n) is 18.6. The summed E-state index contributed by atoms with van der Waals surface area (Å²) in [4.78, 5) is 31.3. The molecule has 2 aromatic carbocycles. The first kappa shape index (κ1) is 21.2. The number of carbonyl (C=O) groups excluding carboxylic acids is 2. The highest BCUT2D eigenvalue weighted by Gasteiger charge is 2.28. The van der Waals surface area contributed by atoms with Crippen LogP contribution in [0, 0.1) is 13.8 Å². The number of benzene rings is 2. The smallest absolute Gasteiger partial charge is 0.265 e. The number of piperazine rings is 1. The topological polar surface area (TPSA) is 53.1 Å². The molecule has 0 aromatic heterocycles. The first-order valence-electron chi connectivity index (χ1n) is 11.1. The molecule has 0 aliphatic carbocycles. The van der Waals surface area contributed by atoms with Crippen molar-refractivity contribution < 1.29 is 14.3 Å². The molecule has 2 aliphatic rings. The van der Waals surface area contributed by atoms with Gasteiger partial charge in [-0.15, -0.1) is 0 Å². The van der Waals surface area contributed by atoms with Crippen molar-refractivity contribution in [3.63, 3.8) is 0 Å². The van der Waals surface area contributed by atoms with Crippen LogP contribution in [0.25, 0.3) is 0 Å². The average molecular weight is 422 g/mol. The highest BCUT2D eigenvalue weighted by atomic mass is 16.5.